The second-order valence-corrected chi connectivity index (χ2v) is 3.64. The third kappa shape index (κ3) is 1.58. The van der Waals surface area contributed by atoms with Gasteiger partial charge in [-0.3, -0.25) is 9.36 Å². The molecule has 0 aliphatic carbocycles. The van der Waals surface area contributed by atoms with Crippen molar-refractivity contribution < 1.29 is 9.90 Å². The molecule has 0 aliphatic heterocycles. The van der Waals surface area contributed by atoms with Crippen molar-refractivity contribution in [2.24, 2.45) is 14.1 Å². The van der Waals surface area contributed by atoms with Crippen molar-refractivity contribution in [2.45, 2.75) is 6.92 Å². The van der Waals surface area contributed by atoms with Crippen molar-refractivity contribution in [3.05, 3.63) is 23.5 Å². The summed E-state index contributed by atoms with van der Waals surface area (Å²) in [7, 11) is 3.43. The van der Waals surface area contributed by atoms with E-state index < -0.39 is 5.97 Å². The molecule has 0 bridgehead atoms. The summed E-state index contributed by atoms with van der Waals surface area (Å²) in [5, 5.41) is 17.3. The number of aromatic nitrogens is 4. The second-order valence-electron chi connectivity index (χ2n) is 3.64. The first-order valence-corrected chi connectivity index (χ1v) is 4.77. The van der Waals surface area contributed by atoms with Gasteiger partial charge in [0.1, 0.15) is 17.1 Å². The molecule has 84 valence electrons. The minimum atomic E-state index is -0.992. The van der Waals surface area contributed by atoms with Crippen LogP contribution in [-0.2, 0) is 14.1 Å². The molecule has 0 spiro atoms. The van der Waals surface area contributed by atoms with Gasteiger partial charge in [0, 0.05) is 25.9 Å². The predicted octanol–water partition coefficient (Wildman–Crippen LogP) is 0.827. The molecular formula is C10H12N4O2. The monoisotopic (exact) mass is 220 g/mol. The zero-order valence-electron chi connectivity index (χ0n) is 9.30. The zero-order chi connectivity index (χ0) is 11.9. The fraction of sp³-hybridized carbons (Fsp3) is 0.300. The molecule has 6 heteroatoms. The van der Waals surface area contributed by atoms with Gasteiger partial charge in [0.15, 0.2) is 0 Å². The van der Waals surface area contributed by atoms with Crippen LogP contribution in [0.3, 0.4) is 0 Å². The third-order valence-electron chi connectivity index (χ3n) is 2.48. The summed E-state index contributed by atoms with van der Waals surface area (Å²) in [4.78, 5) is 10.9. The molecule has 2 heterocycles. The number of hydrogen-bond donors (Lipinski definition) is 1. The molecule has 0 unspecified atom stereocenters. The largest absolute Gasteiger partial charge is 0.477 e. The van der Waals surface area contributed by atoms with E-state index in [1.807, 2.05) is 20.0 Å². The molecular weight excluding hydrogens is 208 g/mol. The van der Waals surface area contributed by atoms with E-state index in [1.54, 1.807) is 11.7 Å². The molecule has 0 fully saturated rings. The summed E-state index contributed by atoms with van der Waals surface area (Å²) in [6, 6.07) is 3.39. The molecule has 0 radical (unpaired) electrons. The van der Waals surface area contributed by atoms with Crippen LogP contribution in [0.5, 0.6) is 0 Å². The Bertz CT molecular complexity index is 534. The Kier molecular flexibility index (Phi) is 2.26. The lowest BCUT2D eigenvalue weighted by molar-refractivity contribution is 0.0685. The normalized spacial score (nSPS) is 10.7. The maximum Gasteiger partial charge on any atom is 0.354 e. The lowest BCUT2D eigenvalue weighted by Crippen LogP contribution is -2.04. The first kappa shape index (κ1) is 10.4. The summed E-state index contributed by atoms with van der Waals surface area (Å²) in [5.41, 5.74) is 2.41. The van der Waals surface area contributed by atoms with Crippen LogP contribution >= 0.6 is 0 Å². The Labute approximate surface area is 92.1 Å². The predicted molar refractivity (Wildman–Crippen MR) is 57.1 cm³/mol. The van der Waals surface area contributed by atoms with Crippen LogP contribution in [0, 0.1) is 6.92 Å². The van der Waals surface area contributed by atoms with E-state index >= 15 is 0 Å². The van der Waals surface area contributed by atoms with Crippen LogP contribution in [0.15, 0.2) is 12.1 Å². The smallest absolute Gasteiger partial charge is 0.354 e. The highest BCUT2D eigenvalue weighted by atomic mass is 16.4. The molecule has 2 rings (SSSR count). The summed E-state index contributed by atoms with van der Waals surface area (Å²) >= 11 is 0. The Balaban J connectivity index is 2.49. The van der Waals surface area contributed by atoms with Gasteiger partial charge in [-0.1, -0.05) is 0 Å². The van der Waals surface area contributed by atoms with Crippen molar-refractivity contribution >= 4 is 5.97 Å². The molecule has 0 saturated carbocycles. The van der Waals surface area contributed by atoms with Gasteiger partial charge < -0.3 is 5.11 Å². The average molecular weight is 220 g/mol. The van der Waals surface area contributed by atoms with Crippen LogP contribution in [0.4, 0.5) is 0 Å². The Morgan fingerprint density at radius 1 is 1.19 bits per heavy atom. The van der Waals surface area contributed by atoms with Gasteiger partial charge in [-0.15, -0.1) is 0 Å². The van der Waals surface area contributed by atoms with Crippen molar-refractivity contribution in [1.29, 1.82) is 0 Å². The minimum Gasteiger partial charge on any atom is -0.477 e. The topological polar surface area (TPSA) is 72.9 Å². The highest BCUT2D eigenvalue weighted by Gasteiger charge is 2.14. The summed E-state index contributed by atoms with van der Waals surface area (Å²) < 4.78 is 3.06. The maximum atomic E-state index is 10.9. The third-order valence-corrected chi connectivity index (χ3v) is 2.48. The number of hydrogen-bond acceptors (Lipinski definition) is 3. The van der Waals surface area contributed by atoms with Gasteiger partial charge in [0.25, 0.3) is 0 Å². The molecule has 0 amide bonds. The molecule has 2 aromatic rings. The van der Waals surface area contributed by atoms with E-state index in [4.69, 9.17) is 5.11 Å². The maximum absolute atomic E-state index is 10.9. The van der Waals surface area contributed by atoms with Gasteiger partial charge in [0.05, 0.1) is 0 Å². The lowest BCUT2D eigenvalue weighted by Gasteiger charge is -1.91. The number of nitrogens with zero attached hydrogens (tertiary/aromatic N) is 4. The number of aryl methyl sites for hydroxylation is 3. The van der Waals surface area contributed by atoms with E-state index in [1.165, 1.54) is 10.7 Å². The number of aromatic carboxylic acids is 1. The number of carboxylic acids is 1. The van der Waals surface area contributed by atoms with Crippen LogP contribution in [0.2, 0.25) is 0 Å². The minimum absolute atomic E-state index is 0.151. The molecule has 16 heavy (non-hydrogen) atoms. The van der Waals surface area contributed by atoms with Crippen LogP contribution in [0.25, 0.3) is 11.4 Å². The van der Waals surface area contributed by atoms with E-state index in [-0.39, 0.29) is 5.69 Å². The Morgan fingerprint density at radius 3 is 2.19 bits per heavy atom. The average Bonchev–Trinajstić information content (AvgIpc) is 2.71. The number of carbonyl (C=O) groups is 1. The quantitative estimate of drug-likeness (QED) is 0.813. The highest BCUT2D eigenvalue weighted by molar-refractivity contribution is 5.87. The van der Waals surface area contributed by atoms with E-state index in [0.717, 1.165) is 5.69 Å². The fourth-order valence-electron chi connectivity index (χ4n) is 1.48. The molecule has 1 N–H and O–H groups in total. The molecule has 2 aromatic heterocycles. The van der Waals surface area contributed by atoms with Crippen molar-refractivity contribution in [3.63, 3.8) is 0 Å². The molecule has 0 aliphatic rings. The molecule has 0 aromatic carbocycles. The van der Waals surface area contributed by atoms with Gasteiger partial charge in [-0.25, -0.2) is 4.79 Å². The number of rotatable bonds is 2. The van der Waals surface area contributed by atoms with Gasteiger partial charge >= 0.3 is 5.97 Å². The standard InChI is InChI=1S/C10H12N4O2/c1-6-4-7(11-13(6)2)8-5-9(10(15)16)14(3)12-8/h4-5H,1-3H3,(H,15,16). The Hall–Kier alpha value is -2.11. The first-order chi connectivity index (χ1) is 7.49. The number of carboxylic acid groups (broad SMARTS) is 1. The lowest BCUT2D eigenvalue weighted by atomic mass is 10.2. The Morgan fingerprint density at radius 2 is 1.75 bits per heavy atom. The van der Waals surface area contributed by atoms with Crippen molar-refractivity contribution in [2.75, 3.05) is 0 Å². The van der Waals surface area contributed by atoms with Gasteiger partial charge in [-0.05, 0) is 13.0 Å². The molecule has 0 saturated heterocycles. The fourth-order valence-corrected chi connectivity index (χ4v) is 1.48. The summed E-state index contributed by atoms with van der Waals surface area (Å²) in [6.07, 6.45) is 0. The van der Waals surface area contributed by atoms with Crippen LogP contribution < -0.4 is 0 Å². The highest BCUT2D eigenvalue weighted by Crippen LogP contribution is 2.18. The van der Waals surface area contributed by atoms with Gasteiger partial charge in [-0.2, -0.15) is 10.2 Å². The van der Waals surface area contributed by atoms with Gasteiger partial charge in [0.2, 0.25) is 0 Å². The SMILES string of the molecule is Cc1cc(-c2cc(C(=O)O)n(C)n2)nn1C. The first-order valence-electron chi connectivity index (χ1n) is 4.77. The van der Waals surface area contributed by atoms with E-state index in [0.29, 0.717) is 11.4 Å². The summed E-state index contributed by atoms with van der Waals surface area (Å²) in [6.45, 7) is 1.93. The van der Waals surface area contributed by atoms with E-state index in [2.05, 4.69) is 10.2 Å². The van der Waals surface area contributed by atoms with Crippen LogP contribution in [-0.4, -0.2) is 30.6 Å². The molecule has 0 atom stereocenters. The van der Waals surface area contributed by atoms with Crippen LogP contribution in [0.1, 0.15) is 16.2 Å². The zero-order valence-corrected chi connectivity index (χ0v) is 9.30. The summed E-state index contributed by atoms with van der Waals surface area (Å²) in [5.74, 6) is -0.992. The second kappa shape index (κ2) is 3.48. The van der Waals surface area contributed by atoms with Crippen molar-refractivity contribution in [1.82, 2.24) is 19.6 Å². The van der Waals surface area contributed by atoms with E-state index in [9.17, 15) is 4.79 Å². The molecule has 6 nitrogen and oxygen atoms in total. The van der Waals surface area contributed by atoms with Crippen molar-refractivity contribution in [3.8, 4) is 11.4 Å².